The Morgan fingerprint density at radius 2 is 1.48 bits per heavy atom. The van der Waals surface area contributed by atoms with Crippen LogP contribution in [0.5, 0.6) is 0 Å². The van der Waals surface area contributed by atoms with E-state index in [0.717, 1.165) is 6.42 Å². The van der Waals surface area contributed by atoms with Crippen molar-refractivity contribution in [1.29, 1.82) is 0 Å². The average molecular weight is 319 g/mol. The Labute approximate surface area is 138 Å². The first-order valence-corrected chi connectivity index (χ1v) is 6.89. The summed E-state index contributed by atoms with van der Waals surface area (Å²) in [5, 5.41) is 0. The molecule has 0 fully saturated rings. The van der Waals surface area contributed by atoms with Gasteiger partial charge in [-0.25, -0.2) is 24.3 Å². The standard InChI is InChI=1S/C14H16N.C5H5.Fe/c1-15(2)14-9-7-13(8-10-14)11-12-5-3-4-6-12;1-2-4-5-3-1;/h3-10H,11H2,1-2H3;1-5H;/q2*-1;+2. The number of nitrogens with zero attached hydrogens (tertiary/aromatic N) is 1. The fourth-order valence-corrected chi connectivity index (χ4v) is 2.00. The third-order valence-corrected chi connectivity index (χ3v) is 3.15. The third kappa shape index (κ3) is 6.03. The molecule has 3 aromatic rings. The van der Waals surface area contributed by atoms with Crippen LogP contribution in [0.2, 0.25) is 0 Å². The molecule has 21 heavy (non-hydrogen) atoms. The Balaban J connectivity index is 0.000000313. The molecule has 0 heterocycles. The van der Waals surface area contributed by atoms with Crippen LogP contribution >= 0.6 is 0 Å². The van der Waals surface area contributed by atoms with Gasteiger partial charge in [-0.15, -0.1) is 0 Å². The molecular formula is C19H21FeN. The van der Waals surface area contributed by atoms with Gasteiger partial charge in [-0.3, -0.25) is 0 Å². The largest absolute Gasteiger partial charge is 2.00 e. The van der Waals surface area contributed by atoms with Gasteiger partial charge < -0.3 is 4.90 Å². The Hall–Kier alpha value is -1.76. The SMILES string of the molecule is CN(C)c1ccc(C[c-]2cccc2)cc1.[Fe+2].c1cc[cH-]c1. The number of rotatable bonds is 3. The van der Waals surface area contributed by atoms with Crippen molar-refractivity contribution in [2.24, 2.45) is 0 Å². The van der Waals surface area contributed by atoms with Gasteiger partial charge in [0.15, 0.2) is 0 Å². The maximum Gasteiger partial charge on any atom is 2.00 e. The van der Waals surface area contributed by atoms with Gasteiger partial charge in [0, 0.05) is 19.8 Å². The molecular weight excluding hydrogens is 298 g/mol. The first kappa shape index (κ1) is 17.3. The van der Waals surface area contributed by atoms with Crippen molar-refractivity contribution in [3.8, 4) is 0 Å². The molecule has 0 spiro atoms. The molecule has 0 aromatic heterocycles. The van der Waals surface area contributed by atoms with E-state index < -0.39 is 0 Å². The fourth-order valence-electron chi connectivity index (χ4n) is 2.00. The molecule has 1 nitrogen and oxygen atoms in total. The fraction of sp³-hybridized carbons (Fsp3) is 0.158. The summed E-state index contributed by atoms with van der Waals surface area (Å²) in [5.74, 6) is 0. The second kappa shape index (κ2) is 9.23. The van der Waals surface area contributed by atoms with E-state index in [0.29, 0.717) is 0 Å². The minimum atomic E-state index is 0. The van der Waals surface area contributed by atoms with Crippen LogP contribution < -0.4 is 4.90 Å². The molecule has 0 aliphatic heterocycles. The summed E-state index contributed by atoms with van der Waals surface area (Å²) in [6, 6.07) is 27.2. The van der Waals surface area contributed by atoms with Crippen molar-refractivity contribution in [3.63, 3.8) is 0 Å². The minimum Gasteiger partial charge on any atom is -0.378 e. The van der Waals surface area contributed by atoms with Crippen LogP contribution in [-0.2, 0) is 23.5 Å². The topological polar surface area (TPSA) is 3.24 Å². The number of anilines is 1. The Morgan fingerprint density at radius 3 is 1.90 bits per heavy atom. The molecule has 0 saturated heterocycles. The van der Waals surface area contributed by atoms with Gasteiger partial charge in [0.05, 0.1) is 0 Å². The molecule has 0 radical (unpaired) electrons. The molecule has 0 bridgehead atoms. The van der Waals surface area contributed by atoms with Crippen LogP contribution in [-0.4, -0.2) is 14.1 Å². The molecule has 2 heteroatoms. The van der Waals surface area contributed by atoms with Crippen LogP contribution in [0.25, 0.3) is 0 Å². The van der Waals surface area contributed by atoms with Gasteiger partial charge in [0.2, 0.25) is 0 Å². The molecule has 3 rings (SSSR count). The number of hydrogen-bond donors (Lipinski definition) is 0. The molecule has 0 atom stereocenters. The van der Waals surface area contributed by atoms with E-state index in [-0.39, 0.29) is 17.1 Å². The molecule has 0 unspecified atom stereocenters. The second-order valence-electron chi connectivity index (χ2n) is 4.99. The summed E-state index contributed by atoms with van der Waals surface area (Å²) in [4.78, 5) is 2.12. The van der Waals surface area contributed by atoms with E-state index in [1.807, 2.05) is 30.3 Å². The predicted molar refractivity (Wildman–Crippen MR) is 87.6 cm³/mol. The zero-order valence-corrected chi connectivity index (χ0v) is 13.6. The zero-order chi connectivity index (χ0) is 14.2. The molecule has 0 saturated carbocycles. The van der Waals surface area contributed by atoms with E-state index in [1.165, 1.54) is 16.8 Å². The summed E-state index contributed by atoms with van der Waals surface area (Å²) in [7, 11) is 4.12. The van der Waals surface area contributed by atoms with Crippen molar-refractivity contribution < 1.29 is 17.1 Å². The minimum absolute atomic E-state index is 0. The quantitative estimate of drug-likeness (QED) is 0.509. The Morgan fingerprint density at radius 1 is 0.905 bits per heavy atom. The summed E-state index contributed by atoms with van der Waals surface area (Å²) in [6.07, 6.45) is 1.03. The van der Waals surface area contributed by atoms with E-state index in [1.54, 1.807) is 0 Å². The first-order chi connectivity index (χ1) is 9.75. The summed E-state index contributed by atoms with van der Waals surface area (Å²) in [5.41, 5.74) is 4.00. The van der Waals surface area contributed by atoms with Gasteiger partial charge in [-0.1, -0.05) is 17.7 Å². The number of hydrogen-bond acceptors (Lipinski definition) is 1. The molecule has 3 aromatic carbocycles. The smallest absolute Gasteiger partial charge is 0.378 e. The summed E-state index contributed by atoms with van der Waals surface area (Å²) >= 11 is 0. The van der Waals surface area contributed by atoms with Crippen molar-refractivity contribution in [2.75, 3.05) is 19.0 Å². The van der Waals surface area contributed by atoms with Gasteiger partial charge in [-0.2, -0.15) is 35.9 Å². The zero-order valence-electron chi connectivity index (χ0n) is 12.5. The van der Waals surface area contributed by atoms with Crippen molar-refractivity contribution in [2.45, 2.75) is 6.42 Å². The monoisotopic (exact) mass is 319 g/mol. The van der Waals surface area contributed by atoms with Crippen LogP contribution in [0, 0.1) is 0 Å². The van der Waals surface area contributed by atoms with Crippen LogP contribution in [0.1, 0.15) is 11.1 Å². The summed E-state index contributed by atoms with van der Waals surface area (Å²) < 4.78 is 0. The van der Waals surface area contributed by atoms with Crippen molar-refractivity contribution in [3.05, 3.63) is 90.0 Å². The molecule has 0 amide bonds. The van der Waals surface area contributed by atoms with Crippen LogP contribution in [0.4, 0.5) is 5.69 Å². The maximum absolute atomic E-state index is 2.20. The Bertz CT molecular complexity index is 545. The molecule has 110 valence electrons. The molecule has 0 aliphatic carbocycles. The summed E-state index contributed by atoms with van der Waals surface area (Å²) in [6.45, 7) is 0. The Kier molecular flexibility index (Phi) is 7.60. The van der Waals surface area contributed by atoms with E-state index in [9.17, 15) is 0 Å². The van der Waals surface area contributed by atoms with Gasteiger partial charge in [-0.05, 0) is 18.6 Å². The first-order valence-electron chi connectivity index (χ1n) is 6.89. The van der Waals surface area contributed by atoms with Crippen molar-refractivity contribution in [1.82, 2.24) is 0 Å². The molecule has 0 aliphatic rings. The van der Waals surface area contributed by atoms with Gasteiger partial charge in [0.1, 0.15) is 0 Å². The predicted octanol–water partition coefficient (Wildman–Crippen LogP) is 4.47. The van der Waals surface area contributed by atoms with Gasteiger partial charge in [0.25, 0.3) is 0 Å². The second-order valence-corrected chi connectivity index (χ2v) is 4.99. The normalized spacial score (nSPS) is 9.24. The van der Waals surface area contributed by atoms with E-state index in [4.69, 9.17) is 0 Å². The van der Waals surface area contributed by atoms with E-state index in [2.05, 4.69) is 67.5 Å². The van der Waals surface area contributed by atoms with Crippen LogP contribution in [0.3, 0.4) is 0 Å². The molecule has 0 N–H and O–H groups in total. The third-order valence-electron chi connectivity index (χ3n) is 3.15. The maximum atomic E-state index is 2.20. The van der Waals surface area contributed by atoms with Gasteiger partial charge >= 0.3 is 17.1 Å². The van der Waals surface area contributed by atoms with Crippen LogP contribution in [0.15, 0.2) is 78.9 Å². The van der Waals surface area contributed by atoms with Crippen molar-refractivity contribution >= 4 is 5.69 Å². The number of benzene rings is 1. The average Bonchev–Trinajstić information content (AvgIpc) is 3.15. The van der Waals surface area contributed by atoms with E-state index >= 15 is 0 Å².